The third kappa shape index (κ3) is 5.56. The predicted octanol–water partition coefficient (Wildman–Crippen LogP) is 5.87. The summed E-state index contributed by atoms with van der Waals surface area (Å²) >= 11 is 1.43. The molecule has 0 unspecified atom stereocenters. The summed E-state index contributed by atoms with van der Waals surface area (Å²) in [5.74, 6) is 1.46. The number of hydrogen-bond acceptors (Lipinski definition) is 5. The Labute approximate surface area is 205 Å². The SMILES string of the molecule is CSc1ccc(S(=O)(=O)Nc2ccccc2Oc2ccccc2)cc1C(=O)N1CCC(C)CC1. The number of amides is 1. The third-order valence-corrected chi connectivity index (χ3v) is 8.04. The molecule has 1 amide bonds. The topological polar surface area (TPSA) is 75.7 Å². The lowest BCUT2D eigenvalue weighted by atomic mass is 9.98. The molecule has 1 heterocycles. The van der Waals surface area contributed by atoms with E-state index in [9.17, 15) is 13.2 Å². The molecule has 1 aliphatic rings. The van der Waals surface area contributed by atoms with E-state index in [0.29, 0.717) is 41.8 Å². The molecule has 0 aliphatic carbocycles. The van der Waals surface area contributed by atoms with Gasteiger partial charge in [-0.1, -0.05) is 37.3 Å². The Morgan fingerprint density at radius 1 is 1.00 bits per heavy atom. The van der Waals surface area contributed by atoms with Crippen LogP contribution < -0.4 is 9.46 Å². The molecule has 6 nitrogen and oxygen atoms in total. The minimum absolute atomic E-state index is 0.0357. The molecule has 3 aromatic rings. The molecule has 0 bridgehead atoms. The van der Waals surface area contributed by atoms with E-state index in [1.165, 1.54) is 23.9 Å². The lowest BCUT2D eigenvalue weighted by Crippen LogP contribution is -2.38. The Morgan fingerprint density at radius 3 is 2.38 bits per heavy atom. The van der Waals surface area contributed by atoms with Gasteiger partial charge in [-0.3, -0.25) is 9.52 Å². The van der Waals surface area contributed by atoms with Crippen LogP contribution in [0.4, 0.5) is 5.69 Å². The Morgan fingerprint density at radius 2 is 1.68 bits per heavy atom. The molecule has 0 saturated carbocycles. The van der Waals surface area contributed by atoms with Gasteiger partial charge in [-0.25, -0.2) is 8.42 Å². The zero-order chi connectivity index (χ0) is 24.1. The van der Waals surface area contributed by atoms with Crippen molar-refractivity contribution in [2.75, 3.05) is 24.1 Å². The van der Waals surface area contributed by atoms with E-state index in [0.717, 1.165) is 17.7 Å². The normalized spacial score (nSPS) is 14.6. The number of piperidine rings is 1. The van der Waals surface area contributed by atoms with Crippen molar-refractivity contribution in [2.45, 2.75) is 29.6 Å². The molecule has 3 aromatic carbocycles. The van der Waals surface area contributed by atoms with E-state index in [-0.39, 0.29) is 10.8 Å². The zero-order valence-corrected chi connectivity index (χ0v) is 20.9. The molecular weight excluding hydrogens is 468 g/mol. The Hall–Kier alpha value is -2.97. The number of likely N-dealkylation sites (tertiary alicyclic amines) is 1. The number of benzene rings is 3. The van der Waals surface area contributed by atoms with Crippen LogP contribution in [-0.2, 0) is 10.0 Å². The van der Waals surface area contributed by atoms with E-state index >= 15 is 0 Å². The quantitative estimate of drug-likeness (QED) is 0.414. The summed E-state index contributed by atoms with van der Waals surface area (Å²) < 4.78 is 35.1. The second-order valence-electron chi connectivity index (χ2n) is 8.35. The highest BCUT2D eigenvalue weighted by Gasteiger charge is 2.26. The van der Waals surface area contributed by atoms with Crippen molar-refractivity contribution in [2.24, 2.45) is 5.92 Å². The van der Waals surface area contributed by atoms with Gasteiger partial charge in [0, 0.05) is 18.0 Å². The summed E-state index contributed by atoms with van der Waals surface area (Å²) in [5, 5.41) is 0. The fourth-order valence-electron chi connectivity index (χ4n) is 3.86. The van der Waals surface area contributed by atoms with Gasteiger partial charge in [0.2, 0.25) is 0 Å². The van der Waals surface area contributed by atoms with Crippen molar-refractivity contribution in [3.63, 3.8) is 0 Å². The number of nitrogens with one attached hydrogen (secondary N) is 1. The smallest absolute Gasteiger partial charge is 0.262 e. The van der Waals surface area contributed by atoms with Crippen molar-refractivity contribution < 1.29 is 17.9 Å². The lowest BCUT2D eigenvalue weighted by Gasteiger charge is -2.30. The molecule has 0 radical (unpaired) electrons. The number of anilines is 1. The highest BCUT2D eigenvalue weighted by Crippen LogP contribution is 2.32. The van der Waals surface area contributed by atoms with Gasteiger partial charge in [-0.15, -0.1) is 11.8 Å². The Bertz CT molecular complexity index is 1250. The van der Waals surface area contributed by atoms with Gasteiger partial charge in [0.05, 0.1) is 16.1 Å². The van der Waals surface area contributed by atoms with Crippen LogP contribution in [0.25, 0.3) is 0 Å². The van der Waals surface area contributed by atoms with Crippen LogP contribution in [0.1, 0.15) is 30.1 Å². The van der Waals surface area contributed by atoms with Crippen LogP contribution in [0.2, 0.25) is 0 Å². The number of ether oxygens (including phenoxy) is 1. The Kier molecular flexibility index (Phi) is 7.48. The second kappa shape index (κ2) is 10.5. The van der Waals surface area contributed by atoms with Crippen molar-refractivity contribution >= 4 is 33.4 Å². The maximum Gasteiger partial charge on any atom is 0.262 e. The maximum absolute atomic E-state index is 13.3. The molecule has 0 aromatic heterocycles. The van der Waals surface area contributed by atoms with Gasteiger partial charge in [0.25, 0.3) is 15.9 Å². The van der Waals surface area contributed by atoms with Crippen molar-refractivity contribution in [1.29, 1.82) is 0 Å². The number of sulfonamides is 1. The lowest BCUT2D eigenvalue weighted by molar-refractivity contribution is 0.0693. The van der Waals surface area contributed by atoms with Crippen molar-refractivity contribution in [3.05, 3.63) is 78.4 Å². The molecule has 1 fully saturated rings. The average molecular weight is 497 g/mol. The van der Waals surface area contributed by atoms with Crippen molar-refractivity contribution in [3.8, 4) is 11.5 Å². The molecule has 1 saturated heterocycles. The first kappa shape index (κ1) is 24.2. The van der Waals surface area contributed by atoms with Crippen LogP contribution >= 0.6 is 11.8 Å². The monoisotopic (exact) mass is 496 g/mol. The maximum atomic E-state index is 13.3. The van der Waals surface area contributed by atoms with E-state index < -0.39 is 10.0 Å². The number of carbonyl (C=O) groups is 1. The summed E-state index contributed by atoms with van der Waals surface area (Å²) in [7, 11) is -3.96. The first-order chi connectivity index (χ1) is 16.4. The highest BCUT2D eigenvalue weighted by molar-refractivity contribution is 7.98. The predicted molar refractivity (Wildman–Crippen MR) is 136 cm³/mol. The number of carbonyl (C=O) groups excluding carboxylic acids is 1. The summed E-state index contributed by atoms with van der Waals surface area (Å²) in [5.41, 5.74) is 0.733. The molecule has 0 spiro atoms. The van der Waals surface area contributed by atoms with Gasteiger partial charge >= 0.3 is 0 Å². The van der Waals surface area contributed by atoms with Crippen LogP contribution in [0.15, 0.2) is 82.6 Å². The molecule has 178 valence electrons. The minimum Gasteiger partial charge on any atom is -0.455 e. The fraction of sp³-hybridized carbons (Fsp3) is 0.269. The molecule has 0 atom stereocenters. The van der Waals surface area contributed by atoms with E-state index in [4.69, 9.17) is 4.74 Å². The summed E-state index contributed by atoms with van der Waals surface area (Å²) in [6, 6.07) is 20.7. The minimum atomic E-state index is -3.96. The summed E-state index contributed by atoms with van der Waals surface area (Å²) in [4.78, 5) is 15.9. The largest absolute Gasteiger partial charge is 0.455 e. The first-order valence-corrected chi connectivity index (χ1v) is 13.9. The van der Waals surface area contributed by atoms with Gasteiger partial charge in [-0.2, -0.15) is 0 Å². The molecule has 1 aliphatic heterocycles. The molecule has 1 N–H and O–H groups in total. The van der Waals surface area contributed by atoms with Gasteiger partial charge < -0.3 is 9.64 Å². The van der Waals surface area contributed by atoms with Gasteiger partial charge in [-0.05, 0) is 67.5 Å². The fourth-order valence-corrected chi connectivity index (χ4v) is 5.53. The van der Waals surface area contributed by atoms with Gasteiger partial charge in [0.1, 0.15) is 5.75 Å². The number of para-hydroxylation sites is 3. The van der Waals surface area contributed by atoms with Crippen LogP contribution in [0.5, 0.6) is 11.5 Å². The number of thioether (sulfide) groups is 1. The van der Waals surface area contributed by atoms with E-state index in [1.807, 2.05) is 29.4 Å². The second-order valence-corrected chi connectivity index (χ2v) is 10.9. The van der Waals surface area contributed by atoms with E-state index in [1.54, 1.807) is 42.5 Å². The molecule has 4 rings (SSSR count). The first-order valence-electron chi connectivity index (χ1n) is 11.2. The van der Waals surface area contributed by atoms with Crippen molar-refractivity contribution in [1.82, 2.24) is 4.90 Å². The Balaban J connectivity index is 1.61. The van der Waals surface area contributed by atoms with Crippen LogP contribution in [0.3, 0.4) is 0 Å². The zero-order valence-electron chi connectivity index (χ0n) is 19.2. The standard InChI is InChI=1S/C26H28N2O4S2/c1-19-14-16-28(17-15-19)26(29)22-18-21(12-13-25(22)33-2)34(30,31)27-23-10-6-7-11-24(23)32-20-8-4-3-5-9-20/h3-13,18-19,27H,14-17H2,1-2H3. The molecular formula is C26H28N2O4S2. The number of nitrogens with zero attached hydrogens (tertiary/aromatic N) is 1. The van der Waals surface area contributed by atoms with Gasteiger partial charge in [0.15, 0.2) is 5.75 Å². The number of rotatable bonds is 7. The molecule has 8 heteroatoms. The summed E-state index contributed by atoms with van der Waals surface area (Å²) in [6.07, 6.45) is 3.80. The third-order valence-electron chi connectivity index (χ3n) is 5.88. The van der Waals surface area contributed by atoms with E-state index in [2.05, 4.69) is 11.6 Å². The van der Waals surface area contributed by atoms with Crippen LogP contribution in [-0.4, -0.2) is 38.6 Å². The van der Waals surface area contributed by atoms with Crippen LogP contribution in [0, 0.1) is 5.92 Å². The average Bonchev–Trinajstić information content (AvgIpc) is 2.85. The number of hydrogen-bond donors (Lipinski definition) is 1. The molecule has 34 heavy (non-hydrogen) atoms. The summed E-state index contributed by atoms with van der Waals surface area (Å²) in [6.45, 7) is 3.56. The highest BCUT2D eigenvalue weighted by atomic mass is 32.2.